The molecule has 4 aromatic rings. The molecule has 3 aliphatic heterocycles. The number of nitrogens with one attached hydrogen (secondary N) is 4. The average molecular weight is 1150 g/mol. The molecule has 8 rings (SSSR count). The number of carbonyl (C=O) groups is 11. The second-order valence-electron chi connectivity index (χ2n) is 21.1. The van der Waals surface area contributed by atoms with Crippen molar-refractivity contribution in [3.63, 3.8) is 0 Å². The molecule has 0 unspecified atom stereocenters. The number of carboxylic acids is 1. The number of esters is 1. The molecule has 0 spiro atoms. The zero-order valence-electron chi connectivity index (χ0n) is 45.9. The van der Waals surface area contributed by atoms with Gasteiger partial charge in [-0.2, -0.15) is 0 Å². The zero-order chi connectivity index (χ0) is 59.7. The molecule has 83 heavy (non-hydrogen) atoms. The van der Waals surface area contributed by atoms with Gasteiger partial charge in [0, 0.05) is 79.8 Å². The molecular weight excluding hydrogens is 1080 g/mol. The Hall–Kier alpha value is -8.64. The summed E-state index contributed by atoms with van der Waals surface area (Å²) in [5.74, 6) is -8.88. The summed E-state index contributed by atoms with van der Waals surface area (Å²) in [6.45, 7) is 1.70. The summed E-state index contributed by atoms with van der Waals surface area (Å²) in [7, 11) is 0. The number of aliphatic carboxylic acids is 1. The molecule has 5 heterocycles. The Balaban J connectivity index is 0.794. The van der Waals surface area contributed by atoms with Crippen molar-refractivity contribution in [1.29, 1.82) is 0 Å². The predicted octanol–water partition coefficient (Wildman–Crippen LogP) is 2.80. The van der Waals surface area contributed by atoms with Crippen LogP contribution in [-0.4, -0.2) is 122 Å². The maximum absolute atomic E-state index is 15.4. The Kier molecular flexibility index (Phi) is 19.3. The smallest absolute Gasteiger partial charge is 0.343 e. The van der Waals surface area contributed by atoms with Gasteiger partial charge in [0.15, 0.2) is 17.2 Å². The van der Waals surface area contributed by atoms with Crippen molar-refractivity contribution in [2.45, 2.75) is 135 Å². The second kappa shape index (κ2) is 26.5. The largest absolute Gasteiger partial charge is 0.481 e. The van der Waals surface area contributed by atoms with Crippen molar-refractivity contribution in [3.05, 3.63) is 110 Å². The number of imide groups is 1. The quantitative estimate of drug-likeness (QED) is 0.0174. The lowest BCUT2D eigenvalue weighted by Gasteiger charge is -2.31. The average Bonchev–Trinajstić information content (AvgIpc) is 1.88. The van der Waals surface area contributed by atoms with Crippen molar-refractivity contribution in [1.82, 2.24) is 35.7 Å². The van der Waals surface area contributed by atoms with Crippen LogP contribution in [0.15, 0.2) is 59.4 Å². The van der Waals surface area contributed by atoms with Gasteiger partial charge in [-0.3, -0.25) is 57.6 Å². The van der Waals surface area contributed by atoms with Crippen LogP contribution in [0, 0.1) is 18.7 Å². The highest BCUT2D eigenvalue weighted by molar-refractivity contribution is 6.12. The van der Waals surface area contributed by atoms with Crippen LogP contribution in [0.5, 0.6) is 0 Å². The number of ether oxygens (including phenoxy) is 2. The molecule has 438 valence electrons. The normalized spacial score (nSPS) is 17.2. The van der Waals surface area contributed by atoms with Gasteiger partial charge in [0.25, 0.3) is 17.4 Å². The van der Waals surface area contributed by atoms with Crippen LogP contribution in [0.25, 0.3) is 22.3 Å². The number of rotatable bonds is 29. The van der Waals surface area contributed by atoms with Gasteiger partial charge in [0.05, 0.1) is 60.0 Å². The first-order valence-electron chi connectivity index (χ1n) is 27.5. The van der Waals surface area contributed by atoms with Crippen molar-refractivity contribution in [2.24, 2.45) is 5.92 Å². The zero-order valence-corrected chi connectivity index (χ0v) is 45.9. The first-order chi connectivity index (χ1) is 39.7. The molecule has 2 aromatic heterocycles. The van der Waals surface area contributed by atoms with Crippen molar-refractivity contribution < 1.29 is 76.8 Å². The monoisotopic (exact) mass is 1150 g/mol. The fourth-order valence-corrected chi connectivity index (χ4v) is 11.0. The Morgan fingerprint density at radius 3 is 2.31 bits per heavy atom. The lowest BCUT2D eigenvalue weighted by atomic mass is 9.81. The maximum atomic E-state index is 15.4. The molecule has 0 fully saturated rings. The number of pyridine rings is 2. The number of aromatic nitrogens is 2. The van der Waals surface area contributed by atoms with E-state index in [9.17, 15) is 67.7 Å². The molecular formula is C59H64FN7O16. The number of aryl methyl sites for hydroxylation is 1. The van der Waals surface area contributed by atoms with Crippen LogP contribution in [0.3, 0.4) is 0 Å². The van der Waals surface area contributed by atoms with Crippen LogP contribution in [-0.2, 0) is 93.8 Å². The summed E-state index contributed by atoms with van der Waals surface area (Å²) >= 11 is 0. The number of Topliss-reactive ketones (excluding diaryl/α,β-unsaturated/α-hetero) is 3. The van der Waals surface area contributed by atoms with Gasteiger partial charge in [0.1, 0.15) is 31.5 Å². The molecule has 4 atom stereocenters. The molecule has 6 amide bonds. The van der Waals surface area contributed by atoms with Gasteiger partial charge in [0.2, 0.25) is 23.6 Å². The number of amides is 6. The molecule has 0 saturated heterocycles. The number of aliphatic hydroxyl groups is 1. The number of nitrogens with zero attached hydrogens (tertiary/aromatic N) is 3. The molecule has 1 aliphatic carbocycles. The van der Waals surface area contributed by atoms with Crippen molar-refractivity contribution >= 4 is 75.6 Å². The van der Waals surface area contributed by atoms with E-state index in [-0.39, 0.29) is 81.6 Å². The summed E-state index contributed by atoms with van der Waals surface area (Å²) in [6, 6.07) is 9.86. The number of fused-ring (bicyclic) bond motifs is 5. The third kappa shape index (κ3) is 14.0. The number of hydrogen-bond donors (Lipinski definition) is 6. The van der Waals surface area contributed by atoms with E-state index in [1.807, 2.05) is 0 Å². The van der Waals surface area contributed by atoms with Gasteiger partial charge in [-0.25, -0.2) is 14.2 Å². The Morgan fingerprint density at radius 1 is 0.855 bits per heavy atom. The minimum atomic E-state index is -2.06. The molecule has 2 aromatic carbocycles. The topological polar surface area (TPSA) is 333 Å². The molecule has 4 aliphatic rings. The van der Waals surface area contributed by atoms with Crippen LogP contribution < -0.4 is 26.8 Å². The van der Waals surface area contributed by atoms with Crippen molar-refractivity contribution in [3.8, 4) is 11.4 Å². The van der Waals surface area contributed by atoms with E-state index >= 15 is 4.39 Å². The number of carbonyl (C=O) groups excluding carboxylic acids is 10. The third-order valence-electron chi connectivity index (χ3n) is 15.5. The van der Waals surface area contributed by atoms with Gasteiger partial charge >= 0.3 is 11.9 Å². The fraction of sp³-hybridized carbons (Fsp3) is 0.441. The molecule has 23 nitrogen and oxygen atoms in total. The predicted molar refractivity (Wildman–Crippen MR) is 291 cm³/mol. The minimum Gasteiger partial charge on any atom is -0.481 e. The SMILES string of the molecule is CC[C@@]1(O)C(=O)OCc2c1cc1n(c2=O)Cc2c-1nc1cc(F)c(C)c3c1c2[C@@H](NC(=O)COCNC(=O)CCC(=O)[C@H](Cc1ccccc1)NC(=O)CCC(=O)CNC(=O)[C@H](CC(=O)O)CC(=O)CCCCCN1C(=O)C=CC1=O)CC3. The van der Waals surface area contributed by atoms with Gasteiger partial charge < -0.3 is 45.5 Å². The first-order valence-corrected chi connectivity index (χ1v) is 27.5. The highest BCUT2D eigenvalue weighted by Crippen LogP contribution is 2.46. The number of benzene rings is 2. The molecule has 0 saturated carbocycles. The van der Waals surface area contributed by atoms with Crippen LogP contribution >= 0.6 is 0 Å². The fourth-order valence-electron chi connectivity index (χ4n) is 11.0. The van der Waals surface area contributed by atoms with E-state index in [4.69, 9.17) is 14.5 Å². The standard InChI is InChI=1S/C59H64FN7O16/c1-3-59(81)40-25-45-55-38(28-67(45)57(79)39(40)29-83-58(59)80)54-42(15-14-37-32(2)41(60)26-44(65-55)53(37)54)63-49(73)30-82-31-62-47(71)18-16-46(70)43(22-33-10-6-4-7-11-33)64-48(72)17-13-36(69)27-61-56(78)34(24-52(76)77)23-35(68)12-8-5-9-21-66-50(74)19-20-51(66)75/h4,6-7,10-11,19-20,25-26,34,42-43,81H,3,5,8-9,12-18,21-24,27-31H2,1-2H3,(H,61,78)(H,62,71)(H,63,73)(H,64,72)(H,76,77)/t34-,42-,43-,59-/m0/s1. The maximum Gasteiger partial charge on any atom is 0.343 e. The summed E-state index contributed by atoms with van der Waals surface area (Å²) in [6.07, 6.45) is 2.04. The number of halogens is 1. The summed E-state index contributed by atoms with van der Waals surface area (Å²) < 4.78 is 27.6. The van der Waals surface area contributed by atoms with Crippen LogP contribution in [0.2, 0.25) is 0 Å². The van der Waals surface area contributed by atoms with E-state index in [0.29, 0.717) is 82.2 Å². The summed E-state index contributed by atoms with van der Waals surface area (Å²) in [4.78, 5) is 159. The van der Waals surface area contributed by atoms with E-state index in [2.05, 4.69) is 21.3 Å². The number of ketones is 3. The summed E-state index contributed by atoms with van der Waals surface area (Å²) in [5.41, 5.74) is 1.74. The molecule has 0 bridgehead atoms. The first kappa shape index (κ1) is 60.5. The van der Waals surface area contributed by atoms with E-state index in [0.717, 1.165) is 4.90 Å². The highest BCUT2D eigenvalue weighted by atomic mass is 19.1. The molecule has 24 heteroatoms. The highest BCUT2D eigenvalue weighted by Gasteiger charge is 2.46. The number of carboxylic acid groups (broad SMARTS) is 1. The Bertz CT molecular complexity index is 3400. The lowest BCUT2D eigenvalue weighted by molar-refractivity contribution is -0.172. The van der Waals surface area contributed by atoms with Crippen molar-refractivity contribution in [2.75, 3.05) is 26.4 Å². The van der Waals surface area contributed by atoms with Gasteiger partial charge in [-0.05, 0) is 73.8 Å². The number of hydrogen-bond acceptors (Lipinski definition) is 16. The lowest BCUT2D eigenvalue weighted by Crippen LogP contribution is -2.44. The van der Waals surface area contributed by atoms with E-state index in [1.165, 1.54) is 22.8 Å². The van der Waals surface area contributed by atoms with Gasteiger partial charge in [-0.1, -0.05) is 43.7 Å². The summed E-state index contributed by atoms with van der Waals surface area (Å²) in [5, 5.41) is 31.9. The van der Waals surface area contributed by atoms with E-state index < -0.39 is 127 Å². The molecule has 6 N–H and O–H groups in total. The molecule has 0 radical (unpaired) electrons. The Morgan fingerprint density at radius 2 is 1.59 bits per heavy atom. The second-order valence-corrected chi connectivity index (χ2v) is 21.1. The van der Waals surface area contributed by atoms with Gasteiger partial charge in [-0.15, -0.1) is 0 Å². The van der Waals surface area contributed by atoms with E-state index in [1.54, 1.807) is 50.2 Å². The Labute approximate surface area is 474 Å². The number of unbranched alkanes of at least 4 members (excludes halogenated alkanes) is 2. The number of cyclic esters (lactones) is 1. The minimum absolute atomic E-state index is 0.0324. The van der Waals surface area contributed by atoms with Crippen LogP contribution in [0.4, 0.5) is 4.39 Å². The van der Waals surface area contributed by atoms with Crippen LogP contribution in [0.1, 0.15) is 129 Å². The third-order valence-corrected chi connectivity index (χ3v) is 15.5.